The maximum atomic E-state index is 10.5. The summed E-state index contributed by atoms with van der Waals surface area (Å²) in [5.41, 5.74) is 0.298. The van der Waals surface area contributed by atoms with Crippen LogP contribution < -0.4 is 0 Å². The summed E-state index contributed by atoms with van der Waals surface area (Å²) in [5, 5.41) is 23.2. The smallest absolute Gasteiger partial charge is 0.138 e. The highest BCUT2D eigenvalue weighted by Gasteiger charge is 2.25. The van der Waals surface area contributed by atoms with Crippen molar-refractivity contribution in [2.45, 2.75) is 18.9 Å². The monoisotopic (exact) mass is 242 g/mol. The summed E-state index contributed by atoms with van der Waals surface area (Å²) >= 11 is 0. The highest BCUT2D eigenvalue weighted by Crippen LogP contribution is 2.24. The van der Waals surface area contributed by atoms with Crippen LogP contribution in [0.3, 0.4) is 0 Å². The van der Waals surface area contributed by atoms with Gasteiger partial charge >= 0.3 is 0 Å². The second-order valence-corrected chi connectivity index (χ2v) is 4.44. The van der Waals surface area contributed by atoms with Gasteiger partial charge in [-0.05, 0) is 24.6 Å². The van der Waals surface area contributed by atoms with E-state index in [2.05, 4.69) is 16.2 Å². The van der Waals surface area contributed by atoms with Crippen LogP contribution >= 0.6 is 0 Å². The van der Waals surface area contributed by atoms with Crippen molar-refractivity contribution in [2.75, 3.05) is 0 Å². The number of aliphatic hydroxyl groups is 1. The van der Waals surface area contributed by atoms with Crippen molar-refractivity contribution in [3.8, 4) is 6.07 Å². The lowest BCUT2D eigenvalue weighted by Crippen LogP contribution is -2.26. The largest absolute Gasteiger partial charge is 0.385 e. The Morgan fingerprint density at radius 3 is 2.56 bits per heavy atom. The van der Waals surface area contributed by atoms with Gasteiger partial charge in [0.2, 0.25) is 0 Å². The molecule has 0 saturated carbocycles. The van der Waals surface area contributed by atoms with E-state index in [0.717, 1.165) is 5.56 Å². The van der Waals surface area contributed by atoms with Gasteiger partial charge in [-0.25, -0.2) is 4.98 Å². The van der Waals surface area contributed by atoms with Crippen molar-refractivity contribution in [3.63, 3.8) is 0 Å². The molecular formula is C13H14N4O. The summed E-state index contributed by atoms with van der Waals surface area (Å²) in [6, 6.07) is 8.96. The first-order valence-electron chi connectivity index (χ1n) is 5.59. The van der Waals surface area contributed by atoms with Gasteiger partial charge < -0.3 is 5.11 Å². The minimum Gasteiger partial charge on any atom is -0.385 e. The Bertz CT molecular complexity index is 578. The molecule has 1 heterocycles. The predicted octanol–water partition coefficient (Wildman–Crippen LogP) is 1.14. The Labute approximate surface area is 105 Å². The number of nitriles is 1. The normalized spacial score (nSPS) is 13.9. The van der Waals surface area contributed by atoms with Gasteiger partial charge in [0, 0.05) is 13.5 Å². The molecule has 1 aromatic heterocycles. The molecule has 0 fully saturated rings. The summed E-state index contributed by atoms with van der Waals surface area (Å²) in [5.74, 6) is 0.712. The molecule has 1 unspecified atom stereocenters. The van der Waals surface area contributed by atoms with Crippen LogP contribution in [-0.2, 0) is 19.1 Å². The highest BCUT2D eigenvalue weighted by molar-refractivity contribution is 5.34. The number of hydrogen-bond acceptors (Lipinski definition) is 4. The second kappa shape index (κ2) is 4.59. The zero-order chi connectivity index (χ0) is 13.2. The van der Waals surface area contributed by atoms with Crippen molar-refractivity contribution in [2.24, 2.45) is 7.05 Å². The number of nitrogens with zero attached hydrogens (tertiary/aromatic N) is 4. The first kappa shape index (κ1) is 12.3. The number of aryl methyl sites for hydroxylation is 1. The standard InChI is InChI=1S/C13H14N4O/c1-13(18,7-12-15-9-16-17(12)2)11-5-3-10(8-14)4-6-11/h3-6,9,18H,7H2,1-2H3. The average Bonchev–Trinajstić information content (AvgIpc) is 2.74. The molecular weight excluding hydrogens is 228 g/mol. The molecule has 5 nitrogen and oxygen atoms in total. The van der Waals surface area contributed by atoms with E-state index in [1.165, 1.54) is 6.33 Å². The Kier molecular flexibility index (Phi) is 3.13. The van der Waals surface area contributed by atoms with Crippen LogP contribution in [0.2, 0.25) is 0 Å². The van der Waals surface area contributed by atoms with Gasteiger partial charge in [-0.15, -0.1) is 0 Å². The molecule has 0 spiro atoms. The lowest BCUT2D eigenvalue weighted by atomic mass is 9.91. The Morgan fingerprint density at radius 2 is 2.06 bits per heavy atom. The molecule has 5 heteroatoms. The van der Waals surface area contributed by atoms with E-state index >= 15 is 0 Å². The summed E-state index contributed by atoms with van der Waals surface area (Å²) < 4.78 is 1.64. The van der Waals surface area contributed by atoms with Crippen molar-refractivity contribution in [1.29, 1.82) is 5.26 Å². The Hall–Kier alpha value is -2.19. The van der Waals surface area contributed by atoms with Crippen molar-refractivity contribution in [3.05, 3.63) is 47.5 Å². The summed E-state index contributed by atoms with van der Waals surface area (Å²) in [7, 11) is 1.79. The van der Waals surface area contributed by atoms with Crippen LogP contribution in [0.4, 0.5) is 0 Å². The van der Waals surface area contributed by atoms with Crippen LogP contribution in [0.25, 0.3) is 0 Å². The van der Waals surface area contributed by atoms with E-state index in [-0.39, 0.29) is 0 Å². The van der Waals surface area contributed by atoms with Gasteiger partial charge in [0.15, 0.2) is 0 Å². The Balaban J connectivity index is 2.25. The fraction of sp³-hybridized carbons (Fsp3) is 0.308. The van der Waals surface area contributed by atoms with Gasteiger partial charge in [0.25, 0.3) is 0 Å². The number of benzene rings is 1. The first-order chi connectivity index (χ1) is 8.53. The van der Waals surface area contributed by atoms with Gasteiger partial charge in [0.05, 0.1) is 17.2 Å². The topological polar surface area (TPSA) is 74.7 Å². The third-order valence-electron chi connectivity index (χ3n) is 2.94. The van der Waals surface area contributed by atoms with Crippen LogP contribution in [0, 0.1) is 11.3 Å². The Morgan fingerprint density at radius 1 is 1.39 bits per heavy atom. The van der Waals surface area contributed by atoms with Crippen LogP contribution in [0.5, 0.6) is 0 Å². The quantitative estimate of drug-likeness (QED) is 0.875. The molecule has 2 aromatic rings. The second-order valence-electron chi connectivity index (χ2n) is 4.44. The van der Waals surface area contributed by atoms with Crippen LogP contribution in [-0.4, -0.2) is 19.9 Å². The summed E-state index contributed by atoms with van der Waals surface area (Å²) in [6.07, 6.45) is 1.83. The van der Waals surface area contributed by atoms with Gasteiger partial charge in [-0.1, -0.05) is 12.1 Å². The van der Waals surface area contributed by atoms with E-state index in [9.17, 15) is 5.11 Å². The van der Waals surface area contributed by atoms with Gasteiger partial charge in [0.1, 0.15) is 12.2 Å². The predicted molar refractivity (Wildman–Crippen MR) is 65.4 cm³/mol. The fourth-order valence-electron chi connectivity index (χ4n) is 1.79. The molecule has 0 aliphatic heterocycles. The summed E-state index contributed by atoms with van der Waals surface area (Å²) in [4.78, 5) is 4.10. The molecule has 0 amide bonds. The highest BCUT2D eigenvalue weighted by atomic mass is 16.3. The maximum Gasteiger partial charge on any atom is 0.138 e. The van der Waals surface area contributed by atoms with Gasteiger partial charge in [-0.2, -0.15) is 10.4 Å². The molecule has 0 radical (unpaired) electrons. The minimum atomic E-state index is -1.03. The molecule has 1 N–H and O–H groups in total. The lowest BCUT2D eigenvalue weighted by Gasteiger charge is -2.23. The van der Waals surface area contributed by atoms with Crippen molar-refractivity contribution < 1.29 is 5.11 Å². The van der Waals surface area contributed by atoms with Gasteiger partial charge in [-0.3, -0.25) is 4.68 Å². The first-order valence-corrected chi connectivity index (χ1v) is 5.59. The zero-order valence-electron chi connectivity index (χ0n) is 10.3. The zero-order valence-corrected chi connectivity index (χ0v) is 10.3. The molecule has 92 valence electrons. The van der Waals surface area contributed by atoms with E-state index < -0.39 is 5.60 Å². The third-order valence-corrected chi connectivity index (χ3v) is 2.94. The van der Waals surface area contributed by atoms with E-state index in [0.29, 0.717) is 17.8 Å². The molecule has 0 aliphatic rings. The molecule has 0 bridgehead atoms. The number of hydrogen-bond donors (Lipinski definition) is 1. The minimum absolute atomic E-state index is 0.370. The average molecular weight is 242 g/mol. The third kappa shape index (κ3) is 2.39. The molecule has 1 atom stereocenters. The molecule has 0 aliphatic carbocycles. The maximum absolute atomic E-state index is 10.5. The van der Waals surface area contributed by atoms with Crippen molar-refractivity contribution in [1.82, 2.24) is 14.8 Å². The number of rotatable bonds is 3. The fourth-order valence-corrected chi connectivity index (χ4v) is 1.79. The lowest BCUT2D eigenvalue weighted by molar-refractivity contribution is 0.0545. The molecule has 0 saturated heterocycles. The van der Waals surface area contributed by atoms with Crippen LogP contribution in [0.1, 0.15) is 23.9 Å². The van der Waals surface area contributed by atoms with Crippen molar-refractivity contribution >= 4 is 0 Å². The van der Waals surface area contributed by atoms with E-state index in [1.807, 2.05) is 0 Å². The summed E-state index contributed by atoms with van der Waals surface area (Å²) in [6.45, 7) is 1.73. The number of aromatic nitrogens is 3. The molecule has 18 heavy (non-hydrogen) atoms. The van der Waals surface area contributed by atoms with Crippen LogP contribution in [0.15, 0.2) is 30.6 Å². The van der Waals surface area contributed by atoms with E-state index in [4.69, 9.17) is 5.26 Å². The van der Waals surface area contributed by atoms with E-state index in [1.54, 1.807) is 42.9 Å². The molecule has 1 aromatic carbocycles. The SMILES string of the molecule is Cn1ncnc1CC(C)(O)c1ccc(C#N)cc1. The molecule has 2 rings (SSSR count).